The Morgan fingerprint density at radius 3 is 1.18 bits per heavy atom. The highest BCUT2D eigenvalue weighted by Gasteiger charge is 2.29. The second kappa shape index (κ2) is 31.7. The molecular weight excluding hydrogens is 1300 g/mol. The number of nitriles is 1. The molecule has 25 heteroatoms. The van der Waals surface area contributed by atoms with Crippen LogP contribution in [0.1, 0.15) is 12.8 Å². The second-order valence-corrected chi connectivity index (χ2v) is 24.8. The predicted octanol–water partition coefficient (Wildman–Crippen LogP) is 11.4. The van der Waals surface area contributed by atoms with Crippen LogP contribution in [0.15, 0.2) is 182 Å². The number of morpholine rings is 1. The van der Waals surface area contributed by atoms with E-state index in [-0.39, 0.29) is 49.9 Å². The molecule has 98 heavy (non-hydrogen) atoms. The molecule has 1 N–H and O–H groups in total. The van der Waals surface area contributed by atoms with E-state index in [1.165, 1.54) is 9.58 Å². The van der Waals surface area contributed by atoms with E-state index >= 15 is 0 Å². The number of nitrogens with zero attached hydrogens (tertiary/aromatic N) is 17. The van der Waals surface area contributed by atoms with Crippen LogP contribution in [-0.2, 0) is 38.8 Å². The second-order valence-electron chi connectivity index (χ2n) is 23.6. The smallest absolute Gasteiger partial charge is 0.244 e. The van der Waals surface area contributed by atoms with Gasteiger partial charge in [0.05, 0.1) is 50.5 Å². The number of likely N-dealkylation sites (tertiary alicyclic amines) is 1. The van der Waals surface area contributed by atoms with E-state index < -0.39 is 0 Å². The summed E-state index contributed by atoms with van der Waals surface area (Å²) in [5, 5.41) is 55.8. The zero-order valence-electron chi connectivity index (χ0n) is 54.2. The van der Waals surface area contributed by atoms with Gasteiger partial charge in [-0.1, -0.05) is 217 Å². The monoisotopic (exact) mass is 1370 g/mol. The van der Waals surface area contributed by atoms with Crippen molar-refractivity contribution in [1.29, 1.82) is 5.26 Å². The van der Waals surface area contributed by atoms with Gasteiger partial charge in [0.25, 0.3) is 0 Å². The van der Waals surface area contributed by atoms with E-state index in [0.29, 0.717) is 88.9 Å². The van der Waals surface area contributed by atoms with Gasteiger partial charge in [0.15, 0.2) is 16.9 Å². The van der Waals surface area contributed by atoms with Gasteiger partial charge in [0.1, 0.15) is 60.3 Å². The number of amides is 3. The van der Waals surface area contributed by atoms with Crippen LogP contribution in [0.4, 0.5) is 0 Å². The number of aromatic nitrogens is 12. The van der Waals surface area contributed by atoms with E-state index in [1.54, 1.807) is 16.4 Å². The van der Waals surface area contributed by atoms with Gasteiger partial charge in [0, 0.05) is 79.7 Å². The molecule has 2 aliphatic heterocycles. The minimum absolute atomic E-state index is 0.00335. The van der Waals surface area contributed by atoms with Crippen molar-refractivity contribution in [3.05, 3.63) is 197 Å². The number of likely N-dealkylation sites (N-methyl/N-ethyl adjacent to an activating group) is 2. The number of halogens is 3. The van der Waals surface area contributed by atoms with Crippen molar-refractivity contribution < 1.29 is 19.1 Å². The van der Waals surface area contributed by atoms with Gasteiger partial charge in [-0.3, -0.25) is 19.3 Å². The van der Waals surface area contributed by atoms with Gasteiger partial charge >= 0.3 is 0 Å². The van der Waals surface area contributed by atoms with Gasteiger partial charge in [-0.25, -0.2) is 14.0 Å². The van der Waals surface area contributed by atoms with Crippen molar-refractivity contribution in [2.75, 3.05) is 80.2 Å². The number of fused-ring (bicyclic) bond motifs is 3. The Balaban J connectivity index is 0.000000140. The van der Waals surface area contributed by atoms with E-state index in [9.17, 15) is 14.4 Å². The molecular formula is C73H69Cl3N18O4. The number of nitrogens with one attached hydrogen (secondary N) is 1. The van der Waals surface area contributed by atoms with Crippen molar-refractivity contribution in [1.82, 2.24) is 84.8 Å². The molecule has 0 bridgehead atoms. The number of carbonyl (C=O) groups excluding carboxylic acids is 3. The molecule has 12 aromatic rings. The first-order valence-corrected chi connectivity index (χ1v) is 33.2. The van der Waals surface area contributed by atoms with Crippen molar-refractivity contribution in [2.24, 2.45) is 0 Å². The van der Waals surface area contributed by atoms with Crippen molar-refractivity contribution >= 4 is 85.6 Å². The van der Waals surface area contributed by atoms with Gasteiger partial charge in [-0.05, 0) is 33.0 Å². The van der Waals surface area contributed by atoms with Crippen LogP contribution >= 0.6 is 34.8 Å². The van der Waals surface area contributed by atoms with Gasteiger partial charge in [0.2, 0.25) is 17.7 Å². The predicted molar refractivity (Wildman–Crippen MR) is 380 cm³/mol. The highest BCUT2D eigenvalue weighted by Crippen LogP contribution is 2.40. The average molecular weight is 1370 g/mol. The van der Waals surface area contributed by atoms with E-state index in [2.05, 4.69) is 57.9 Å². The summed E-state index contributed by atoms with van der Waals surface area (Å²) in [6.07, 6.45) is 1.94. The van der Waals surface area contributed by atoms with E-state index in [0.717, 1.165) is 92.2 Å². The number of benzene rings is 6. The van der Waals surface area contributed by atoms with Crippen LogP contribution in [0.25, 0.3) is 101 Å². The first-order chi connectivity index (χ1) is 47.8. The zero-order valence-corrected chi connectivity index (χ0v) is 56.4. The lowest BCUT2D eigenvalue weighted by Gasteiger charge is -2.35. The maximum atomic E-state index is 13.2. The van der Waals surface area contributed by atoms with Crippen molar-refractivity contribution in [3.63, 3.8) is 0 Å². The number of rotatable bonds is 17. The van der Waals surface area contributed by atoms with Crippen LogP contribution in [0.5, 0.6) is 0 Å². The van der Waals surface area contributed by atoms with Crippen LogP contribution in [0.2, 0.25) is 15.1 Å². The summed E-state index contributed by atoms with van der Waals surface area (Å²) < 4.78 is 10.1. The lowest BCUT2D eigenvalue weighted by Crippen LogP contribution is -2.45. The topological polar surface area (TPSA) is 240 Å². The molecule has 2 fully saturated rings. The zero-order chi connectivity index (χ0) is 68.1. The fourth-order valence-corrected chi connectivity index (χ4v) is 12.7. The summed E-state index contributed by atoms with van der Waals surface area (Å²) in [4.78, 5) is 46.2. The summed E-state index contributed by atoms with van der Waals surface area (Å²) in [5.41, 5.74) is 10.4. The lowest BCUT2D eigenvalue weighted by molar-refractivity contribution is -0.133. The van der Waals surface area contributed by atoms with Crippen LogP contribution < -0.4 is 5.32 Å². The minimum Gasteiger partial charge on any atom is -0.379 e. The maximum absolute atomic E-state index is 13.2. The molecule has 2 aliphatic rings. The maximum Gasteiger partial charge on any atom is 0.244 e. The third kappa shape index (κ3) is 15.4. The Hall–Kier alpha value is -10.4. The third-order valence-electron chi connectivity index (χ3n) is 17.2. The van der Waals surface area contributed by atoms with Gasteiger partial charge in [-0.2, -0.15) is 20.6 Å². The number of hydrogen-bond donors (Lipinski definition) is 1. The molecule has 496 valence electrons. The fourth-order valence-electron chi connectivity index (χ4n) is 11.8. The SMILES string of the molecule is CN(CC#N)C(=O)Cn1nc(-c2ccccc2)c2c(Cl)c(-c3ccccc3)nnc21.CN1CCC(N(C)C(=O)Cn2nc(-c3ccccc3)c3c(Cl)c(-c4ccccc4)nnc32)CC1.O=C(Cn1nc(-c2ccccc2)c2c(Cl)c(-c3ccccc3)nnc21)NCCN1CCOCC1. The summed E-state index contributed by atoms with van der Waals surface area (Å²) in [6.45, 7) is 6.62. The van der Waals surface area contributed by atoms with Crippen molar-refractivity contribution in [3.8, 4) is 73.6 Å². The lowest BCUT2D eigenvalue weighted by atomic mass is 10.0. The van der Waals surface area contributed by atoms with E-state index in [4.69, 9.17) is 55.0 Å². The Labute approximate surface area is 580 Å². The summed E-state index contributed by atoms with van der Waals surface area (Å²) >= 11 is 20.6. The molecule has 6 aromatic carbocycles. The van der Waals surface area contributed by atoms with Gasteiger partial charge in [-0.15, -0.1) is 30.6 Å². The van der Waals surface area contributed by atoms with Crippen LogP contribution in [0, 0.1) is 11.3 Å². The quantitative estimate of drug-likeness (QED) is 0.0834. The molecule has 3 amide bonds. The Bertz CT molecular complexity index is 4780. The Morgan fingerprint density at radius 2 is 0.827 bits per heavy atom. The Kier molecular flexibility index (Phi) is 21.8. The first-order valence-electron chi connectivity index (χ1n) is 32.1. The molecule has 2 saturated heterocycles. The molecule has 0 unspecified atom stereocenters. The molecule has 14 rings (SSSR count). The number of carbonyl (C=O) groups is 3. The minimum atomic E-state index is -0.259. The number of hydrogen-bond acceptors (Lipinski definition) is 16. The molecule has 0 atom stereocenters. The van der Waals surface area contributed by atoms with E-state index in [1.807, 2.05) is 200 Å². The van der Waals surface area contributed by atoms with Crippen LogP contribution in [-0.4, -0.2) is 183 Å². The van der Waals surface area contributed by atoms with Gasteiger partial charge < -0.3 is 24.8 Å². The highest BCUT2D eigenvalue weighted by molar-refractivity contribution is 6.40. The van der Waals surface area contributed by atoms with Crippen molar-refractivity contribution in [2.45, 2.75) is 38.5 Å². The molecule has 0 radical (unpaired) electrons. The fraction of sp³-hybridized carbons (Fsp3) is 0.247. The third-order valence-corrected chi connectivity index (χ3v) is 18.3. The largest absolute Gasteiger partial charge is 0.379 e. The first kappa shape index (κ1) is 67.6. The Morgan fingerprint density at radius 1 is 0.490 bits per heavy atom. The number of ether oxygens (including phenoxy) is 1. The summed E-state index contributed by atoms with van der Waals surface area (Å²) in [5.74, 6) is -0.392. The normalized spacial score (nSPS) is 13.5. The molecule has 0 aliphatic carbocycles. The summed E-state index contributed by atoms with van der Waals surface area (Å²) in [6, 6.07) is 60.4. The highest BCUT2D eigenvalue weighted by atomic mass is 35.5. The number of piperidine rings is 1. The average Bonchev–Trinajstić information content (AvgIpc) is 1.61. The molecule has 22 nitrogen and oxygen atoms in total. The van der Waals surface area contributed by atoms with Crippen LogP contribution in [0.3, 0.4) is 0 Å². The molecule has 6 aromatic heterocycles. The molecule has 0 saturated carbocycles. The standard InChI is InChI=1S/C26H27ClN6O.C25H25ClN6O2.C22H17ClN6O/c1-31-15-13-20(14-16-31)32(2)21(34)17-33-26-22(24(30-33)18-9-5-3-6-10-18)23(27)25(28-29-26)19-11-7-4-8-12-19;26-22-21-23(18-7-3-1-4-8-18)30-32(17-20(33)27-11-12-31-13-15-34-16-14-31)25(21)29-28-24(22)19-9-5-2-6-10-19;1-28(13-12-24)17(30)14-29-22-18(20(27-29)15-8-4-2-5-9-15)19(23)21(25-26-22)16-10-6-3-7-11-16/h3-12,20H,13-17H2,1-2H3;1-10H,11-17H2,(H,27,33);2-11H,13-14H2,1H3. The molecule has 8 heterocycles. The summed E-state index contributed by atoms with van der Waals surface area (Å²) in [7, 11) is 5.57. The molecule has 0 spiro atoms.